The summed E-state index contributed by atoms with van der Waals surface area (Å²) >= 11 is 0. The second kappa shape index (κ2) is 4.10. The number of para-hydroxylation sites is 1. The number of aromatic hydroxyl groups is 1. The van der Waals surface area contributed by atoms with E-state index in [1.165, 1.54) is 7.11 Å². The van der Waals surface area contributed by atoms with Gasteiger partial charge in [-0.1, -0.05) is 18.2 Å². The molecule has 0 bridgehead atoms. The zero-order valence-corrected chi connectivity index (χ0v) is 8.73. The maximum absolute atomic E-state index is 11.4. The van der Waals surface area contributed by atoms with Gasteiger partial charge in [-0.05, 0) is 12.1 Å². The van der Waals surface area contributed by atoms with Crippen molar-refractivity contribution in [3.8, 4) is 16.9 Å². The molecule has 0 aliphatic rings. The Hall–Kier alpha value is -2.23. The van der Waals surface area contributed by atoms with Crippen molar-refractivity contribution in [3.63, 3.8) is 0 Å². The standard InChI is InChI=1S/C12H11NO3/c1-16-12(15)11-9(6-7-13-11)8-4-2-3-5-10(8)14/h2-7,13-14H,1H3. The molecular formula is C12H11NO3. The number of benzene rings is 1. The zero-order valence-electron chi connectivity index (χ0n) is 8.73. The molecule has 82 valence electrons. The third-order valence-corrected chi connectivity index (χ3v) is 2.33. The van der Waals surface area contributed by atoms with Crippen LogP contribution in [0.15, 0.2) is 36.5 Å². The van der Waals surface area contributed by atoms with Crippen LogP contribution in [0.4, 0.5) is 0 Å². The molecule has 16 heavy (non-hydrogen) atoms. The number of phenols is 1. The third-order valence-electron chi connectivity index (χ3n) is 2.33. The summed E-state index contributed by atoms with van der Waals surface area (Å²) in [6.07, 6.45) is 1.63. The third kappa shape index (κ3) is 1.65. The molecule has 0 unspecified atom stereocenters. The van der Waals surface area contributed by atoms with E-state index in [1.54, 1.807) is 36.5 Å². The highest BCUT2D eigenvalue weighted by molar-refractivity contribution is 5.96. The van der Waals surface area contributed by atoms with Gasteiger partial charge in [-0.3, -0.25) is 0 Å². The van der Waals surface area contributed by atoms with Gasteiger partial charge in [0.2, 0.25) is 0 Å². The normalized spacial score (nSPS) is 10.1. The number of hydrogen-bond donors (Lipinski definition) is 2. The predicted molar refractivity (Wildman–Crippen MR) is 59.2 cm³/mol. The van der Waals surface area contributed by atoms with Crippen molar-refractivity contribution < 1.29 is 14.6 Å². The summed E-state index contributed by atoms with van der Waals surface area (Å²) in [5, 5.41) is 9.70. The lowest BCUT2D eigenvalue weighted by molar-refractivity contribution is 0.0596. The Labute approximate surface area is 92.5 Å². The zero-order chi connectivity index (χ0) is 11.5. The van der Waals surface area contributed by atoms with E-state index in [4.69, 9.17) is 0 Å². The lowest BCUT2D eigenvalue weighted by Crippen LogP contribution is -2.03. The van der Waals surface area contributed by atoms with E-state index in [1.807, 2.05) is 0 Å². The first-order valence-corrected chi connectivity index (χ1v) is 4.78. The van der Waals surface area contributed by atoms with Gasteiger partial charge in [0, 0.05) is 17.3 Å². The van der Waals surface area contributed by atoms with Gasteiger partial charge >= 0.3 is 5.97 Å². The summed E-state index contributed by atoms with van der Waals surface area (Å²) in [5.41, 5.74) is 1.57. The maximum Gasteiger partial charge on any atom is 0.355 e. The minimum Gasteiger partial charge on any atom is -0.507 e. The lowest BCUT2D eigenvalue weighted by Gasteiger charge is -2.04. The van der Waals surface area contributed by atoms with Crippen LogP contribution >= 0.6 is 0 Å². The molecule has 0 fully saturated rings. The first kappa shape index (κ1) is 10.3. The molecular weight excluding hydrogens is 206 g/mol. The summed E-state index contributed by atoms with van der Waals surface area (Å²) in [6, 6.07) is 8.56. The van der Waals surface area contributed by atoms with Crippen molar-refractivity contribution in [3.05, 3.63) is 42.2 Å². The van der Waals surface area contributed by atoms with Crippen LogP contribution in [0.25, 0.3) is 11.1 Å². The Balaban J connectivity index is 2.53. The van der Waals surface area contributed by atoms with Crippen LogP contribution in [0.5, 0.6) is 5.75 Å². The predicted octanol–water partition coefficient (Wildman–Crippen LogP) is 2.17. The highest BCUT2D eigenvalue weighted by Crippen LogP contribution is 2.31. The van der Waals surface area contributed by atoms with Crippen LogP contribution in [0, 0.1) is 0 Å². The number of aromatic nitrogens is 1. The van der Waals surface area contributed by atoms with Crippen molar-refractivity contribution in [1.29, 1.82) is 0 Å². The number of hydrogen-bond acceptors (Lipinski definition) is 3. The van der Waals surface area contributed by atoms with Gasteiger partial charge in [-0.15, -0.1) is 0 Å². The lowest BCUT2D eigenvalue weighted by atomic mass is 10.1. The van der Waals surface area contributed by atoms with Gasteiger partial charge in [0.25, 0.3) is 0 Å². The van der Waals surface area contributed by atoms with Crippen LogP contribution in [0.1, 0.15) is 10.5 Å². The summed E-state index contributed by atoms with van der Waals surface area (Å²) in [4.78, 5) is 14.2. The number of rotatable bonds is 2. The van der Waals surface area contributed by atoms with E-state index in [2.05, 4.69) is 9.72 Å². The van der Waals surface area contributed by atoms with Gasteiger partial charge < -0.3 is 14.8 Å². The Kier molecular flexibility index (Phi) is 2.64. The van der Waals surface area contributed by atoms with Crippen LogP contribution in [-0.2, 0) is 4.74 Å². The number of ether oxygens (including phenoxy) is 1. The van der Waals surface area contributed by atoms with Crippen molar-refractivity contribution in [2.75, 3.05) is 7.11 Å². The highest BCUT2D eigenvalue weighted by atomic mass is 16.5. The Bertz CT molecular complexity index is 516. The summed E-state index contributed by atoms with van der Waals surface area (Å²) in [5.74, 6) is -0.324. The summed E-state index contributed by atoms with van der Waals surface area (Å²) < 4.78 is 4.64. The van der Waals surface area contributed by atoms with Gasteiger partial charge in [-0.2, -0.15) is 0 Å². The Morgan fingerprint density at radius 2 is 2.00 bits per heavy atom. The molecule has 1 heterocycles. The van der Waals surface area contributed by atoms with E-state index in [0.29, 0.717) is 16.8 Å². The highest BCUT2D eigenvalue weighted by Gasteiger charge is 2.16. The molecule has 2 N–H and O–H groups in total. The van der Waals surface area contributed by atoms with E-state index in [0.717, 1.165) is 0 Å². The smallest absolute Gasteiger partial charge is 0.355 e. The molecule has 4 nitrogen and oxygen atoms in total. The fraction of sp³-hybridized carbons (Fsp3) is 0.0833. The molecule has 2 aromatic rings. The van der Waals surface area contributed by atoms with Crippen molar-refractivity contribution in [2.45, 2.75) is 0 Å². The molecule has 1 aromatic heterocycles. The molecule has 0 aliphatic heterocycles. The van der Waals surface area contributed by atoms with Crippen molar-refractivity contribution >= 4 is 5.97 Å². The van der Waals surface area contributed by atoms with E-state index in [-0.39, 0.29) is 5.75 Å². The Morgan fingerprint density at radius 3 is 2.69 bits per heavy atom. The molecule has 0 aliphatic carbocycles. The molecule has 1 aromatic carbocycles. The number of methoxy groups -OCH3 is 1. The molecule has 4 heteroatoms. The maximum atomic E-state index is 11.4. The average molecular weight is 217 g/mol. The molecule has 0 atom stereocenters. The number of nitrogens with one attached hydrogen (secondary N) is 1. The number of carbonyl (C=O) groups is 1. The largest absolute Gasteiger partial charge is 0.507 e. The number of H-pyrrole nitrogens is 1. The van der Waals surface area contributed by atoms with Crippen LogP contribution < -0.4 is 0 Å². The first-order valence-electron chi connectivity index (χ1n) is 4.78. The second-order valence-electron chi connectivity index (χ2n) is 3.28. The summed E-state index contributed by atoms with van der Waals surface area (Å²) in [6.45, 7) is 0. The number of phenolic OH excluding ortho intramolecular Hbond substituents is 1. The molecule has 0 spiro atoms. The quantitative estimate of drug-likeness (QED) is 0.758. The van der Waals surface area contributed by atoms with Crippen LogP contribution in [0.3, 0.4) is 0 Å². The van der Waals surface area contributed by atoms with Gasteiger partial charge in [0.05, 0.1) is 7.11 Å². The molecule has 0 amide bonds. The fourth-order valence-corrected chi connectivity index (χ4v) is 1.57. The van der Waals surface area contributed by atoms with E-state index < -0.39 is 5.97 Å². The fourth-order valence-electron chi connectivity index (χ4n) is 1.57. The first-order chi connectivity index (χ1) is 7.74. The minimum absolute atomic E-state index is 0.132. The van der Waals surface area contributed by atoms with Gasteiger partial charge in [0.15, 0.2) is 0 Å². The number of esters is 1. The number of carbonyl (C=O) groups excluding carboxylic acids is 1. The summed E-state index contributed by atoms with van der Waals surface area (Å²) in [7, 11) is 1.32. The average Bonchev–Trinajstić information content (AvgIpc) is 2.77. The van der Waals surface area contributed by atoms with Gasteiger partial charge in [0.1, 0.15) is 11.4 Å². The SMILES string of the molecule is COC(=O)c1[nH]ccc1-c1ccccc1O. The number of aromatic amines is 1. The topological polar surface area (TPSA) is 62.3 Å². The van der Waals surface area contributed by atoms with E-state index in [9.17, 15) is 9.90 Å². The van der Waals surface area contributed by atoms with E-state index >= 15 is 0 Å². The second-order valence-corrected chi connectivity index (χ2v) is 3.28. The van der Waals surface area contributed by atoms with Crippen LogP contribution in [0.2, 0.25) is 0 Å². The minimum atomic E-state index is -0.455. The van der Waals surface area contributed by atoms with Gasteiger partial charge in [-0.25, -0.2) is 4.79 Å². The molecule has 0 radical (unpaired) electrons. The Morgan fingerprint density at radius 1 is 1.25 bits per heavy atom. The molecule has 0 saturated heterocycles. The molecule has 0 saturated carbocycles. The van der Waals surface area contributed by atoms with Crippen molar-refractivity contribution in [2.24, 2.45) is 0 Å². The van der Waals surface area contributed by atoms with Crippen LogP contribution in [-0.4, -0.2) is 23.2 Å². The molecule has 2 rings (SSSR count). The van der Waals surface area contributed by atoms with Crippen molar-refractivity contribution in [1.82, 2.24) is 4.98 Å². The monoisotopic (exact) mass is 217 g/mol.